The highest BCUT2D eigenvalue weighted by Crippen LogP contribution is 2.38. The molecule has 0 saturated carbocycles. The molecule has 2 aromatic heterocycles. The second-order valence-electron chi connectivity index (χ2n) is 16.8. The van der Waals surface area contributed by atoms with Crippen LogP contribution in [0.2, 0.25) is 0 Å². The Hall–Kier alpha value is -5.48. The Morgan fingerprint density at radius 1 is 0.442 bits per heavy atom. The van der Waals surface area contributed by atoms with E-state index in [0.717, 1.165) is 6.54 Å². The van der Waals surface area contributed by atoms with Gasteiger partial charge in [-0.2, -0.15) is 0 Å². The molecule has 0 radical (unpaired) electrons. The van der Waals surface area contributed by atoms with Crippen LogP contribution in [0.3, 0.4) is 0 Å². The normalized spacial score (nSPS) is 12.4. The maximum absolute atomic E-state index is 2.44. The maximum Gasteiger partial charge on any atom is 0.0541 e. The van der Waals surface area contributed by atoms with Gasteiger partial charge < -0.3 is 18.9 Å². The molecule has 0 N–H and O–H groups in total. The van der Waals surface area contributed by atoms with E-state index in [4.69, 9.17) is 0 Å². The van der Waals surface area contributed by atoms with E-state index in [2.05, 4.69) is 209 Å². The van der Waals surface area contributed by atoms with Gasteiger partial charge in [0.1, 0.15) is 0 Å². The molecule has 0 saturated heterocycles. The lowest BCUT2D eigenvalue weighted by Crippen LogP contribution is -2.16. The maximum atomic E-state index is 2.44. The molecule has 0 unspecified atom stereocenters. The Balaban J connectivity index is 1.13. The first-order valence-electron chi connectivity index (χ1n) is 18.5. The Kier molecular flexibility index (Phi) is 7.98. The quantitative estimate of drug-likeness (QED) is 0.174. The third-order valence-corrected chi connectivity index (χ3v) is 10.8. The first-order valence-corrected chi connectivity index (χ1v) is 18.5. The van der Waals surface area contributed by atoms with E-state index in [9.17, 15) is 0 Å². The summed E-state index contributed by atoms with van der Waals surface area (Å²) >= 11 is 0. The summed E-state index contributed by atoms with van der Waals surface area (Å²) in [6.07, 6.45) is 0. The summed E-state index contributed by atoms with van der Waals surface area (Å²) in [7, 11) is 6.36. The van der Waals surface area contributed by atoms with Gasteiger partial charge in [0, 0.05) is 72.0 Å². The molecule has 52 heavy (non-hydrogen) atoms. The molecule has 0 bridgehead atoms. The third kappa shape index (κ3) is 5.81. The van der Waals surface area contributed by atoms with E-state index >= 15 is 0 Å². The van der Waals surface area contributed by atoms with Gasteiger partial charge in [-0.3, -0.25) is 0 Å². The van der Waals surface area contributed by atoms with Crippen molar-refractivity contribution in [1.29, 1.82) is 0 Å². The number of anilines is 2. The Morgan fingerprint density at radius 3 is 1.38 bits per heavy atom. The molecule has 0 amide bonds. The summed E-state index contributed by atoms with van der Waals surface area (Å²) in [6.45, 7) is 14.6. The van der Waals surface area contributed by atoms with E-state index in [1.165, 1.54) is 83.1 Å². The molecule has 6 aromatic carbocycles. The van der Waals surface area contributed by atoms with Crippen LogP contribution >= 0.6 is 0 Å². The Labute approximate surface area is 308 Å². The van der Waals surface area contributed by atoms with Crippen LogP contribution in [-0.2, 0) is 17.4 Å². The number of benzene rings is 6. The van der Waals surface area contributed by atoms with Gasteiger partial charge in [0.15, 0.2) is 0 Å². The predicted octanol–water partition coefficient (Wildman–Crippen LogP) is 12.2. The highest BCUT2D eigenvalue weighted by atomic mass is 15.1. The topological polar surface area (TPSA) is 16.3 Å². The predicted molar refractivity (Wildman–Crippen MR) is 225 cm³/mol. The number of fused-ring (bicyclic) bond motifs is 6. The van der Waals surface area contributed by atoms with Crippen LogP contribution in [0.15, 0.2) is 127 Å². The number of hydrogen-bond acceptors (Lipinski definition) is 2. The van der Waals surface area contributed by atoms with Crippen molar-refractivity contribution in [2.75, 3.05) is 30.9 Å². The van der Waals surface area contributed by atoms with Crippen LogP contribution in [0.1, 0.15) is 58.2 Å². The van der Waals surface area contributed by atoms with Crippen molar-refractivity contribution in [2.45, 2.75) is 58.9 Å². The van der Waals surface area contributed by atoms with Gasteiger partial charge in [-0.25, -0.2) is 0 Å². The van der Waals surface area contributed by atoms with Gasteiger partial charge >= 0.3 is 0 Å². The molecule has 0 aliphatic heterocycles. The van der Waals surface area contributed by atoms with Gasteiger partial charge in [-0.05, 0) is 119 Å². The number of aromatic nitrogens is 2. The average molecular weight is 683 g/mol. The van der Waals surface area contributed by atoms with Crippen molar-refractivity contribution in [3.63, 3.8) is 0 Å². The lowest BCUT2D eigenvalue weighted by atomic mass is 9.85. The first kappa shape index (κ1) is 33.7. The van der Waals surface area contributed by atoms with Gasteiger partial charge in [0.2, 0.25) is 0 Å². The van der Waals surface area contributed by atoms with Crippen molar-refractivity contribution >= 4 is 55.0 Å². The minimum absolute atomic E-state index is 0.0797. The summed E-state index contributed by atoms with van der Waals surface area (Å²) in [5, 5.41) is 5.19. The van der Waals surface area contributed by atoms with Crippen LogP contribution in [-0.4, -0.2) is 30.3 Å². The van der Waals surface area contributed by atoms with Gasteiger partial charge in [0.05, 0.1) is 22.1 Å². The van der Waals surface area contributed by atoms with Crippen molar-refractivity contribution in [3.05, 3.63) is 144 Å². The molecule has 8 rings (SSSR count). The second kappa shape index (κ2) is 12.3. The SMILES string of the molecule is CN(C)c1ccc(-n2c3ccccc3c3cc(CN(C)c4ccc(-n5c6ccc(C(C)(C)C)cc6c6cc(C(C)(C)C)ccc65)cc4)ccc32)cc1. The molecule has 0 atom stereocenters. The summed E-state index contributed by atoms with van der Waals surface area (Å²) in [4.78, 5) is 4.49. The van der Waals surface area contributed by atoms with E-state index in [-0.39, 0.29) is 10.8 Å². The monoisotopic (exact) mass is 682 g/mol. The summed E-state index contributed by atoms with van der Waals surface area (Å²) in [5.74, 6) is 0. The number of hydrogen-bond donors (Lipinski definition) is 0. The van der Waals surface area contributed by atoms with Crippen molar-refractivity contribution in [3.8, 4) is 11.4 Å². The number of nitrogens with zero attached hydrogens (tertiary/aromatic N) is 4. The third-order valence-electron chi connectivity index (χ3n) is 10.8. The lowest BCUT2D eigenvalue weighted by Gasteiger charge is -2.21. The average Bonchev–Trinajstić information content (AvgIpc) is 3.63. The smallest absolute Gasteiger partial charge is 0.0541 e. The van der Waals surface area contributed by atoms with Crippen LogP contribution in [0.5, 0.6) is 0 Å². The van der Waals surface area contributed by atoms with Crippen LogP contribution in [0.25, 0.3) is 55.0 Å². The van der Waals surface area contributed by atoms with Gasteiger partial charge in [-0.15, -0.1) is 0 Å². The largest absolute Gasteiger partial charge is 0.378 e. The van der Waals surface area contributed by atoms with Crippen molar-refractivity contribution in [2.24, 2.45) is 0 Å². The standard InChI is InChI=1S/C48H50N4/c1-47(2,3)33-15-26-45-41(29-33)42-30-34(48(4,5)6)16-27-46(42)52(45)38-23-19-36(20-24-38)50(9)31-32-14-25-44-40(28-32)39-12-10-11-13-43(39)51(44)37-21-17-35(18-22-37)49(7)8/h10-30H,31H2,1-9H3. The van der Waals surface area contributed by atoms with E-state index < -0.39 is 0 Å². The molecule has 2 heterocycles. The molecule has 0 aliphatic rings. The molecule has 8 aromatic rings. The molecular formula is C48H50N4. The van der Waals surface area contributed by atoms with Gasteiger partial charge in [0.25, 0.3) is 0 Å². The highest BCUT2D eigenvalue weighted by molar-refractivity contribution is 6.10. The molecule has 4 heteroatoms. The van der Waals surface area contributed by atoms with E-state index in [1.807, 2.05) is 0 Å². The first-order chi connectivity index (χ1) is 24.8. The summed E-state index contributed by atoms with van der Waals surface area (Å²) < 4.78 is 4.82. The summed E-state index contributed by atoms with van der Waals surface area (Å²) in [5.41, 5.74) is 13.9. The highest BCUT2D eigenvalue weighted by Gasteiger charge is 2.21. The molecule has 0 spiro atoms. The fourth-order valence-corrected chi connectivity index (χ4v) is 7.75. The van der Waals surface area contributed by atoms with Crippen LogP contribution in [0, 0.1) is 0 Å². The zero-order valence-corrected chi connectivity index (χ0v) is 32.1. The van der Waals surface area contributed by atoms with Crippen LogP contribution < -0.4 is 9.80 Å². The van der Waals surface area contributed by atoms with Gasteiger partial charge in [-0.1, -0.05) is 77.9 Å². The molecule has 0 fully saturated rings. The molecule has 4 nitrogen and oxygen atoms in total. The van der Waals surface area contributed by atoms with Crippen molar-refractivity contribution < 1.29 is 0 Å². The van der Waals surface area contributed by atoms with E-state index in [0.29, 0.717) is 0 Å². The lowest BCUT2D eigenvalue weighted by molar-refractivity contribution is 0.590. The fraction of sp³-hybridized carbons (Fsp3) is 0.250. The van der Waals surface area contributed by atoms with Crippen LogP contribution in [0.4, 0.5) is 11.4 Å². The minimum atomic E-state index is 0.0797. The molecular weight excluding hydrogens is 633 g/mol. The Morgan fingerprint density at radius 2 is 0.885 bits per heavy atom. The minimum Gasteiger partial charge on any atom is -0.378 e. The number of para-hydroxylation sites is 1. The second-order valence-corrected chi connectivity index (χ2v) is 16.8. The molecule has 0 aliphatic carbocycles. The number of rotatable bonds is 6. The zero-order valence-electron chi connectivity index (χ0n) is 32.1. The Bertz CT molecular complexity index is 2510. The zero-order chi connectivity index (χ0) is 36.5. The van der Waals surface area contributed by atoms with Crippen molar-refractivity contribution in [1.82, 2.24) is 9.13 Å². The van der Waals surface area contributed by atoms with E-state index in [1.54, 1.807) is 0 Å². The summed E-state index contributed by atoms with van der Waals surface area (Å²) in [6, 6.07) is 47.7. The fourth-order valence-electron chi connectivity index (χ4n) is 7.75. The molecule has 262 valence electrons.